The van der Waals surface area contributed by atoms with Crippen LogP contribution in [0.3, 0.4) is 0 Å². The fourth-order valence-corrected chi connectivity index (χ4v) is 1.95. The molecule has 0 bridgehead atoms. The summed E-state index contributed by atoms with van der Waals surface area (Å²) >= 11 is 5.96. The predicted molar refractivity (Wildman–Crippen MR) is 84.8 cm³/mol. The summed E-state index contributed by atoms with van der Waals surface area (Å²) in [4.78, 5) is 22.2. The maximum absolute atomic E-state index is 11.7. The minimum absolute atomic E-state index is 0.153. The number of carboxylic acids is 1. The van der Waals surface area contributed by atoms with Gasteiger partial charge in [0.1, 0.15) is 12.4 Å². The second-order valence-corrected chi connectivity index (χ2v) is 4.92. The van der Waals surface area contributed by atoms with E-state index in [9.17, 15) is 9.59 Å². The van der Waals surface area contributed by atoms with Gasteiger partial charge >= 0.3 is 12.1 Å². The lowest BCUT2D eigenvalue weighted by Crippen LogP contribution is -2.13. The van der Waals surface area contributed by atoms with Crippen LogP contribution in [-0.4, -0.2) is 23.8 Å². The van der Waals surface area contributed by atoms with Gasteiger partial charge in [0.05, 0.1) is 5.02 Å². The molecule has 7 heteroatoms. The summed E-state index contributed by atoms with van der Waals surface area (Å²) in [5.41, 5.74) is 1.29. The Kier molecular flexibility index (Phi) is 5.82. The molecule has 0 saturated carbocycles. The summed E-state index contributed by atoms with van der Waals surface area (Å²) in [5.74, 6) is -0.884. The Hall–Kier alpha value is -2.73. The predicted octanol–water partition coefficient (Wildman–Crippen LogP) is 3.55. The number of hydrogen-bond donors (Lipinski definition) is 2. The highest BCUT2D eigenvalue weighted by Crippen LogP contribution is 2.27. The van der Waals surface area contributed by atoms with Gasteiger partial charge in [0.2, 0.25) is 0 Å². The van der Waals surface area contributed by atoms with Crippen molar-refractivity contribution in [2.24, 2.45) is 0 Å². The van der Waals surface area contributed by atoms with Crippen LogP contribution < -0.4 is 10.1 Å². The highest BCUT2D eigenvalue weighted by molar-refractivity contribution is 6.32. The Labute approximate surface area is 137 Å². The number of halogens is 1. The molecule has 0 unspecified atom stereocenters. The molecule has 0 heterocycles. The average Bonchev–Trinajstić information content (AvgIpc) is 2.53. The van der Waals surface area contributed by atoms with Gasteiger partial charge in [0.25, 0.3) is 0 Å². The first-order chi connectivity index (χ1) is 11.0. The van der Waals surface area contributed by atoms with E-state index in [1.54, 1.807) is 0 Å². The SMILES string of the molecule is O=C(O)COc1ccc(NC(=O)OCc2ccccc2)cc1Cl. The molecule has 2 aromatic rings. The number of ether oxygens (including phenoxy) is 2. The van der Waals surface area contributed by atoms with Crippen LogP contribution in [-0.2, 0) is 16.1 Å². The van der Waals surface area contributed by atoms with Crippen molar-refractivity contribution < 1.29 is 24.2 Å². The smallest absolute Gasteiger partial charge is 0.411 e. The van der Waals surface area contributed by atoms with Crippen LogP contribution in [0, 0.1) is 0 Å². The van der Waals surface area contributed by atoms with E-state index in [-0.39, 0.29) is 17.4 Å². The van der Waals surface area contributed by atoms with Crippen LogP contribution in [0.25, 0.3) is 0 Å². The second-order valence-electron chi connectivity index (χ2n) is 4.51. The molecule has 0 aromatic heterocycles. The molecule has 6 nitrogen and oxygen atoms in total. The van der Waals surface area contributed by atoms with Gasteiger partial charge in [-0.25, -0.2) is 9.59 Å². The third-order valence-electron chi connectivity index (χ3n) is 2.74. The van der Waals surface area contributed by atoms with Crippen molar-refractivity contribution >= 4 is 29.4 Å². The van der Waals surface area contributed by atoms with E-state index < -0.39 is 18.7 Å². The van der Waals surface area contributed by atoms with E-state index in [1.807, 2.05) is 30.3 Å². The second kappa shape index (κ2) is 8.05. The number of amides is 1. The van der Waals surface area contributed by atoms with Crippen molar-refractivity contribution in [1.29, 1.82) is 0 Å². The first kappa shape index (κ1) is 16.6. The van der Waals surface area contributed by atoms with Crippen molar-refractivity contribution in [1.82, 2.24) is 0 Å². The first-order valence-corrected chi connectivity index (χ1v) is 7.04. The molecule has 120 valence electrons. The van der Waals surface area contributed by atoms with Crippen LogP contribution in [0.15, 0.2) is 48.5 Å². The summed E-state index contributed by atoms with van der Waals surface area (Å²) in [6.45, 7) is -0.341. The monoisotopic (exact) mass is 335 g/mol. The van der Waals surface area contributed by atoms with E-state index in [0.29, 0.717) is 5.69 Å². The number of benzene rings is 2. The molecule has 0 radical (unpaired) electrons. The van der Waals surface area contributed by atoms with E-state index in [2.05, 4.69) is 5.32 Å². The number of hydrogen-bond acceptors (Lipinski definition) is 4. The van der Waals surface area contributed by atoms with Gasteiger partial charge in [-0.1, -0.05) is 41.9 Å². The number of carbonyl (C=O) groups excluding carboxylic acids is 1. The van der Waals surface area contributed by atoms with Crippen LogP contribution in [0.5, 0.6) is 5.75 Å². The quantitative estimate of drug-likeness (QED) is 0.843. The molecular formula is C16H14ClNO5. The third-order valence-corrected chi connectivity index (χ3v) is 3.04. The molecule has 0 aliphatic carbocycles. The summed E-state index contributed by atoms with van der Waals surface area (Å²) in [7, 11) is 0. The highest BCUT2D eigenvalue weighted by Gasteiger charge is 2.08. The largest absolute Gasteiger partial charge is 0.480 e. The van der Waals surface area contributed by atoms with Gasteiger partial charge in [0, 0.05) is 5.69 Å². The lowest BCUT2D eigenvalue weighted by molar-refractivity contribution is -0.139. The minimum atomic E-state index is -1.10. The van der Waals surface area contributed by atoms with Gasteiger partial charge in [-0.15, -0.1) is 0 Å². The Morgan fingerprint density at radius 1 is 1.13 bits per heavy atom. The van der Waals surface area contributed by atoms with Crippen molar-refractivity contribution in [2.75, 3.05) is 11.9 Å². The number of aliphatic carboxylic acids is 1. The molecule has 0 fully saturated rings. The Bertz CT molecular complexity index is 690. The molecule has 0 aliphatic heterocycles. The molecule has 0 atom stereocenters. The lowest BCUT2D eigenvalue weighted by Gasteiger charge is -2.10. The number of carboxylic acid groups (broad SMARTS) is 1. The van der Waals surface area contributed by atoms with E-state index in [1.165, 1.54) is 18.2 Å². The number of anilines is 1. The Balaban J connectivity index is 1.88. The zero-order valence-corrected chi connectivity index (χ0v) is 12.7. The molecular weight excluding hydrogens is 322 g/mol. The molecule has 0 spiro atoms. The molecule has 2 aromatic carbocycles. The topological polar surface area (TPSA) is 84.9 Å². The van der Waals surface area contributed by atoms with Crippen molar-refractivity contribution in [3.63, 3.8) is 0 Å². The maximum Gasteiger partial charge on any atom is 0.411 e. The van der Waals surface area contributed by atoms with Gasteiger partial charge in [-0.3, -0.25) is 5.32 Å². The number of rotatable bonds is 6. The Morgan fingerprint density at radius 2 is 1.87 bits per heavy atom. The van der Waals surface area contributed by atoms with E-state index in [4.69, 9.17) is 26.2 Å². The van der Waals surface area contributed by atoms with Crippen LogP contribution in [0.4, 0.5) is 10.5 Å². The summed E-state index contributed by atoms with van der Waals surface area (Å²) in [5, 5.41) is 11.3. The van der Waals surface area contributed by atoms with Crippen LogP contribution in [0.2, 0.25) is 5.02 Å². The fourth-order valence-electron chi connectivity index (χ4n) is 1.71. The first-order valence-electron chi connectivity index (χ1n) is 6.66. The molecule has 2 N–H and O–H groups in total. The summed E-state index contributed by atoms with van der Waals surface area (Å²) in [6.07, 6.45) is -0.621. The Morgan fingerprint density at radius 3 is 2.52 bits per heavy atom. The average molecular weight is 336 g/mol. The van der Waals surface area contributed by atoms with Gasteiger partial charge in [-0.2, -0.15) is 0 Å². The van der Waals surface area contributed by atoms with Gasteiger partial charge in [0.15, 0.2) is 6.61 Å². The molecule has 23 heavy (non-hydrogen) atoms. The molecule has 0 saturated heterocycles. The van der Waals surface area contributed by atoms with Crippen molar-refractivity contribution in [3.05, 3.63) is 59.1 Å². The number of carbonyl (C=O) groups is 2. The van der Waals surface area contributed by atoms with Crippen LogP contribution in [0.1, 0.15) is 5.56 Å². The number of nitrogens with one attached hydrogen (secondary N) is 1. The molecule has 1 amide bonds. The van der Waals surface area contributed by atoms with Crippen LogP contribution >= 0.6 is 11.6 Å². The molecule has 2 rings (SSSR count). The zero-order valence-electron chi connectivity index (χ0n) is 12.0. The van der Waals surface area contributed by atoms with E-state index in [0.717, 1.165) is 5.56 Å². The van der Waals surface area contributed by atoms with E-state index >= 15 is 0 Å². The van der Waals surface area contributed by atoms with Gasteiger partial charge < -0.3 is 14.6 Å². The third kappa shape index (κ3) is 5.52. The van der Waals surface area contributed by atoms with Gasteiger partial charge in [-0.05, 0) is 23.8 Å². The minimum Gasteiger partial charge on any atom is -0.480 e. The lowest BCUT2D eigenvalue weighted by atomic mass is 10.2. The molecule has 0 aliphatic rings. The summed E-state index contributed by atoms with van der Waals surface area (Å²) < 4.78 is 10.1. The zero-order chi connectivity index (χ0) is 16.7. The van der Waals surface area contributed by atoms with Crippen molar-refractivity contribution in [2.45, 2.75) is 6.61 Å². The van der Waals surface area contributed by atoms with Crippen molar-refractivity contribution in [3.8, 4) is 5.75 Å². The highest BCUT2D eigenvalue weighted by atomic mass is 35.5. The summed E-state index contributed by atoms with van der Waals surface area (Å²) in [6, 6.07) is 13.7. The normalized spacial score (nSPS) is 9.96. The fraction of sp³-hybridized carbons (Fsp3) is 0.125. The standard InChI is InChI=1S/C16H14ClNO5/c17-13-8-12(6-7-14(13)22-10-15(19)20)18-16(21)23-9-11-4-2-1-3-5-11/h1-8H,9-10H2,(H,18,21)(H,19,20). The maximum atomic E-state index is 11.7.